The zero-order valence-electron chi connectivity index (χ0n) is 13.6. The standard InChI is InChI=1S/C17H21N3O2S/c1-11(2)15(21)18-9-10-19-16(22)14-12(3)20-17(23-14)13-7-5-4-6-8-13/h4-8,11H,9-10H2,1-3H3,(H,18,21)(H,19,22). The molecule has 0 radical (unpaired) electrons. The summed E-state index contributed by atoms with van der Waals surface area (Å²) in [5.41, 5.74) is 1.72. The minimum atomic E-state index is -0.152. The molecule has 0 aliphatic heterocycles. The van der Waals surface area contributed by atoms with Crippen molar-refractivity contribution in [3.63, 3.8) is 0 Å². The van der Waals surface area contributed by atoms with Gasteiger partial charge in [-0.05, 0) is 6.92 Å². The van der Waals surface area contributed by atoms with E-state index in [4.69, 9.17) is 0 Å². The molecule has 0 bridgehead atoms. The van der Waals surface area contributed by atoms with Crippen molar-refractivity contribution in [2.24, 2.45) is 5.92 Å². The van der Waals surface area contributed by atoms with E-state index >= 15 is 0 Å². The van der Waals surface area contributed by atoms with Crippen LogP contribution in [0.3, 0.4) is 0 Å². The van der Waals surface area contributed by atoms with Crippen LogP contribution in [0.2, 0.25) is 0 Å². The lowest BCUT2D eigenvalue weighted by Gasteiger charge is -2.08. The molecule has 2 aromatic rings. The third-order valence-electron chi connectivity index (χ3n) is 3.26. The summed E-state index contributed by atoms with van der Waals surface area (Å²) in [5.74, 6) is -0.219. The minimum Gasteiger partial charge on any atom is -0.354 e. The first kappa shape index (κ1) is 17.1. The molecule has 0 aliphatic carbocycles. The molecule has 0 atom stereocenters. The van der Waals surface area contributed by atoms with Crippen LogP contribution in [-0.2, 0) is 4.79 Å². The molecule has 23 heavy (non-hydrogen) atoms. The van der Waals surface area contributed by atoms with Crippen molar-refractivity contribution in [1.82, 2.24) is 15.6 Å². The maximum atomic E-state index is 12.2. The van der Waals surface area contributed by atoms with Crippen molar-refractivity contribution in [2.45, 2.75) is 20.8 Å². The molecule has 1 aromatic heterocycles. The van der Waals surface area contributed by atoms with Crippen molar-refractivity contribution in [3.05, 3.63) is 40.9 Å². The quantitative estimate of drug-likeness (QED) is 0.799. The number of nitrogens with zero attached hydrogens (tertiary/aromatic N) is 1. The zero-order valence-corrected chi connectivity index (χ0v) is 14.4. The van der Waals surface area contributed by atoms with Gasteiger partial charge in [-0.3, -0.25) is 9.59 Å². The Kier molecular flexibility index (Phi) is 5.87. The third kappa shape index (κ3) is 4.63. The van der Waals surface area contributed by atoms with Gasteiger partial charge in [0.25, 0.3) is 5.91 Å². The van der Waals surface area contributed by atoms with Gasteiger partial charge in [0.15, 0.2) is 0 Å². The van der Waals surface area contributed by atoms with Gasteiger partial charge < -0.3 is 10.6 Å². The van der Waals surface area contributed by atoms with Gasteiger partial charge in [-0.2, -0.15) is 0 Å². The van der Waals surface area contributed by atoms with E-state index in [0.717, 1.165) is 16.3 Å². The van der Waals surface area contributed by atoms with Crippen LogP contribution in [0, 0.1) is 12.8 Å². The van der Waals surface area contributed by atoms with E-state index in [9.17, 15) is 9.59 Å². The highest BCUT2D eigenvalue weighted by molar-refractivity contribution is 7.17. The monoisotopic (exact) mass is 331 g/mol. The van der Waals surface area contributed by atoms with Gasteiger partial charge in [0, 0.05) is 24.6 Å². The van der Waals surface area contributed by atoms with Crippen LogP contribution in [-0.4, -0.2) is 29.9 Å². The number of rotatable bonds is 6. The number of thiazole rings is 1. The number of amides is 2. The predicted molar refractivity (Wildman–Crippen MR) is 92.5 cm³/mol. The van der Waals surface area contributed by atoms with Gasteiger partial charge in [0.2, 0.25) is 5.91 Å². The predicted octanol–water partition coefficient (Wildman–Crippen LogP) is 2.62. The number of hydrogen-bond acceptors (Lipinski definition) is 4. The molecule has 0 fully saturated rings. The summed E-state index contributed by atoms with van der Waals surface area (Å²) >= 11 is 1.38. The van der Waals surface area contributed by atoms with E-state index in [0.29, 0.717) is 18.0 Å². The first-order valence-electron chi connectivity index (χ1n) is 7.57. The fraction of sp³-hybridized carbons (Fsp3) is 0.353. The normalized spacial score (nSPS) is 10.6. The lowest BCUT2D eigenvalue weighted by molar-refractivity contribution is -0.123. The molecule has 0 unspecified atom stereocenters. The van der Waals surface area contributed by atoms with E-state index in [1.165, 1.54) is 11.3 Å². The van der Waals surface area contributed by atoms with Gasteiger partial charge in [0.1, 0.15) is 9.88 Å². The maximum Gasteiger partial charge on any atom is 0.263 e. The minimum absolute atomic E-state index is 0.0143. The maximum absolute atomic E-state index is 12.2. The zero-order chi connectivity index (χ0) is 16.8. The highest BCUT2D eigenvalue weighted by atomic mass is 32.1. The first-order chi connectivity index (χ1) is 11.0. The summed E-state index contributed by atoms with van der Waals surface area (Å²) in [4.78, 5) is 28.8. The van der Waals surface area contributed by atoms with Crippen molar-refractivity contribution in [3.8, 4) is 10.6 Å². The average molecular weight is 331 g/mol. The van der Waals surface area contributed by atoms with E-state index in [2.05, 4.69) is 15.6 Å². The van der Waals surface area contributed by atoms with Crippen LogP contribution < -0.4 is 10.6 Å². The summed E-state index contributed by atoms with van der Waals surface area (Å²) in [7, 11) is 0. The number of hydrogen-bond donors (Lipinski definition) is 2. The van der Waals surface area contributed by atoms with E-state index in [-0.39, 0.29) is 17.7 Å². The average Bonchev–Trinajstić information content (AvgIpc) is 2.94. The Bertz CT molecular complexity index is 680. The molecule has 2 N–H and O–H groups in total. The first-order valence-corrected chi connectivity index (χ1v) is 8.39. The lowest BCUT2D eigenvalue weighted by Crippen LogP contribution is -2.36. The molecule has 0 spiro atoms. The summed E-state index contributed by atoms with van der Waals surface area (Å²) in [6, 6.07) is 9.79. The SMILES string of the molecule is Cc1nc(-c2ccccc2)sc1C(=O)NCCNC(=O)C(C)C. The summed E-state index contributed by atoms with van der Waals surface area (Å²) in [5, 5.41) is 6.42. The van der Waals surface area contributed by atoms with E-state index in [1.54, 1.807) is 0 Å². The number of benzene rings is 1. The number of aryl methyl sites for hydroxylation is 1. The van der Waals surface area contributed by atoms with Crippen LogP contribution in [0.4, 0.5) is 0 Å². The van der Waals surface area contributed by atoms with Crippen LogP contribution in [0.25, 0.3) is 10.6 Å². The summed E-state index contributed by atoms with van der Waals surface area (Å²) in [6.07, 6.45) is 0. The summed E-state index contributed by atoms with van der Waals surface area (Å²) in [6.45, 7) is 6.32. The van der Waals surface area contributed by atoms with Crippen LogP contribution in [0.15, 0.2) is 30.3 Å². The molecule has 122 valence electrons. The Morgan fingerprint density at radius 1 is 1.13 bits per heavy atom. The number of nitrogens with one attached hydrogen (secondary N) is 2. The van der Waals surface area contributed by atoms with Gasteiger partial charge in [-0.1, -0.05) is 44.2 Å². The Hall–Kier alpha value is -2.21. The van der Waals surface area contributed by atoms with Gasteiger partial charge >= 0.3 is 0 Å². The molecule has 5 nitrogen and oxygen atoms in total. The van der Waals surface area contributed by atoms with Crippen molar-refractivity contribution >= 4 is 23.2 Å². The van der Waals surface area contributed by atoms with E-state index < -0.39 is 0 Å². The molecule has 0 aliphatic rings. The molecule has 1 aromatic carbocycles. The van der Waals surface area contributed by atoms with Gasteiger partial charge in [-0.15, -0.1) is 11.3 Å². The Labute approximate surface area is 140 Å². The number of carbonyl (C=O) groups is 2. The van der Waals surface area contributed by atoms with Gasteiger partial charge in [0.05, 0.1) is 5.69 Å². The number of carbonyl (C=O) groups excluding carboxylic acids is 2. The highest BCUT2D eigenvalue weighted by Gasteiger charge is 2.15. The van der Waals surface area contributed by atoms with Gasteiger partial charge in [-0.25, -0.2) is 4.98 Å². The molecular weight excluding hydrogens is 310 g/mol. The van der Waals surface area contributed by atoms with Crippen LogP contribution in [0.5, 0.6) is 0 Å². The topological polar surface area (TPSA) is 71.1 Å². The molecule has 0 saturated heterocycles. The summed E-state index contributed by atoms with van der Waals surface area (Å²) < 4.78 is 0. The molecular formula is C17H21N3O2S. The third-order valence-corrected chi connectivity index (χ3v) is 4.46. The Morgan fingerprint density at radius 3 is 2.43 bits per heavy atom. The van der Waals surface area contributed by atoms with Crippen molar-refractivity contribution < 1.29 is 9.59 Å². The number of aromatic nitrogens is 1. The molecule has 2 amide bonds. The van der Waals surface area contributed by atoms with Crippen molar-refractivity contribution in [1.29, 1.82) is 0 Å². The smallest absolute Gasteiger partial charge is 0.263 e. The molecule has 2 rings (SSSR count). The molecule has 0 saturated carbocycles. The molecule has 1 heterocycles. The largest absolute Gasteiger partial charge is 0.354 e. The highest BCUT2D eigenvalue weighted by Crippen LogP contribution is 2.27. The second kappa shape index (κ2) is 7.87. The lowest BCUT2D eigenvalue weighted by atomic mass is 10.2. The van der Waals surface area contributed by atoms with Crippen LogP contribution in [0.1, 0.15) is 29.2 Å². The Balaban J connectivity index is 1.93. The molecule has 6 heteroatoms. The van der Waals surface area contributed by atoms with E-state index in [1.807, 2.05) is 51.1 Å². The second-order valence-corrected chi connectivity index (χ2v) is 6.50. The van der Waals surface area contributed by atoms with Crippen molar-refractivity contribution in [2.75, 3.05) is 13.1 Å². The Morgan fingerprint density at radius 2 is 1.78 bits per heavy atom. The fourth-order valence-corrected chi connectivity index (χ4v) is 2.95. The second-order valence-electron chi connectivity index (χ2n) is 5.50. The fourth-order valence-electron chi connectivity index (χ4n) is 1.96. The van der Waals surface area contributed by atoms with Crippen LogP contribution >= 0.6 is 11.3 Å².